The second-order valence-corrected chi connectivity index (χ2v) is 4.01. The summed E-state index contributed by atoms with van der Waals surface area (Å²) < 4.78 is 39.6. The number of nitrogens with two attached hydrogens (primary N) is 1. The molecular formula is C14H11F3N2. The van der Waals surface area contributed by atoms with Gasteiger partial charge in [-0.1, -0.05) is 48.5 Å². The Morgan fingerprint density at radius 3 is 2.11 bits per heavy atom. The molecule has 0 fully saturated rings. The van der Waals surface area contributed by atoms with Gasteiger partial charge in [0.1, 0.15) is 5.84 Å². The van der Waals surface area contributed by atoms with Gasteiger partial charge in [0.25, 0.3) is 0 Å². The molecule has 2 aromatic carbocycles. The summed E-state index contributed by atoms with van der Waals surface area (Å²) in [5.74, 6) is -0.592. The first-order valence-electron chi connectivity index (χ1n) is 5.51. The molecule has 0 aliphatic heterocycles. The highest BCUT2D eigenvalue weighted by Crippen LogP contribution is 2.39. The van der Waals surface area contributed by atoms with Crippen LogP contribution >= 0.6 is 0 Å². The van der Waals surface area contributed by atoms with Gasteiger partial charge in [-0.15, -0.1) is 0 Å². The zero-order valence-corrected chi connectivity index (χ0v) is 9.83. The Labute approximate surface area is 108 Å². The molecule has 0 aromatic heterocycles. The van der Waals surface area contributed by atoms with Crippen molar-refractivity contribution in [3.05, 3.63) is 59.7 Å². The van der Waals surface area contributed by atoms with Crippen molar-refractivity contribution < 1.29 is 13.2 Å². The summed E-state index contributed by atoms with van der Waals surface area (Å²) in [5.41, 5.74) is 4.55. The lowest BCUT2D eigenvalue weighted by Gasteiger charge is -2.16. The van der Waals surface area contributed by atoms with Crippen LogP contribution < -0.4 is 5.73 Å². The molecule has 0 bridgehead atoms. The van der Waals surface area contributed by atoms with E-state index < -0.39 is 17.6 Å². The molecule has 0 aliphatic carbocycles. The molecule has 5 heteroatoms. The van der Waals surface area contributed by atoms with Crippen LogP contribution in [0.2, 0.25) is 0 Å². The highest BCUT2D eigenvalue weighted by Gasteiger charge is 2.36. The summed E-state index contributed by atoms with van der Waals surface area (Å²) >= 11 is 0. The van der Waals surface area contributed by atoms with Crippen molar-refractivity contribution in [1.29, 1.82) is 5.41 Å². The summed E-state index contributed by atoms with van der Waals surface area (Å²) in [6.45, 7) is 0. The quantitative estimate of drug-likeness (QED) is 0.631. The minimum atomic E-state index is -4.56. The van der Waals surface area contributed by atoms with E-state index in [2.05, 4.69) is 0 Å². The number of nitrogens with one attached hydrogen (secondary N) is 1. The van der Waals surface area contributed by atoms with E-state index in [1.807, 2.05) is 0 Å². The summed E-state index contributed by atoms with van der Waals surface area (Å²) in [5, 5.41) is 7.29. The fourth-order valence-electron chi connectivity index (χ4n) is 1.94. The van der Waals surface area contributed by atoms with Crippen LogP contribution in [-0.2, 0) is 6.18 Å². The standard InChI is InChI=1S/C14H11F3N2/c15-14(16,17)12-10(9-5-2-1-3-6-9)7-4-8-11(12)13(18)19/h1-8H,(H3,18,19). The smallest absolute Gasteiger partial charge is 0.384 e. The van der Waals surface area contributed by atoms with Crippen molar-refractivity contribution in [2.24, 2.45) is 5.73 Å². The molecule has 0 saturated heterocycles. The third-order valence-corrected chi connectivity index (χ3v) is 2.72. The Hall–Kier alpha value is -2.30. The van der Waals surface area contributed by atoms with Crippen molar-refractivity contribution in [2.75, 3.05) is 0 Å². The van der Waals surface area contributed by atoms with Crippen LogP contribution in [0, 0.1) is 5.41 Å². The van der Waals surface area contributed by atoms with Crippen LogP contribution in [0.5, 0.6) is 0 Å². The summed E-state index contributed by atoms with van der Waals surface area (Å²) in [7, 11) is 0. The van der Waals surface area contributed by atoms with E-state index in [1.54, 1.807) is 30.3 Å². The topological polar surface area (TPSA) is 49.9 Å². The summed E-state index contributed by atoms with van der Waals surface area (Å²) in [6, 6.07) is 12.3. The Balaban J connectivity index is 2.75. The molecule has 2 rings (SSSR count). The zero-order valence-electron chi connectivity index (χ0n) is 9.83. The van der Waals surface area contributed by atoms with Gasteiger partial charge in [0.05, 0.1) is 5.56 Å². The van der Waals surface area contributed by atoms with Crippen molar-refractivity contribution >= 4 is 5.84 Å². The van der Waals surface area contributed by atoms with Gasteiger partial charge in [0.2, 0.25) is 0 Å². The highest BCUT2D eigenvalue weighted by molar-refractivity contribution is 5.98. The molecule has 0 radical (unpaired) electrons. The molecule has 3 N–H and O–H groups in total. The monoisotopic (exact) mass is 264 g/mol. The fourth-order valence-corrected chi connectivity index (χ4v) is 1.94. The van der Waals surface area contributed by atoms with Gasteiger partial charge in [-0.25, -0.2) is 0 Å². The number of rotatable bonds is 2. The molecule has 0 unspecified atom stereocenters. The molecule has 0 saturated carbocycles. The van der Waals surface area contributed by atoms with Gasteiger partial charge in [0.15, 0.2) is 0 Å². The Bertz CT molecular complexity index is 604. The van der Waals surface area contributed by atoms with E-state index in [-0.39, 0.29) is 11.1 Å². The number of hydrogen-bond donors (Lipinski definition) is 2. The van der Waals surface area contributed by atoms with Crippen molar-refractivity contribution in [2.45, 2.75) is 6.18 Å². The zero-order chi connectivity index (χ0) is 14.0. The van der Waals surface area contributed by atoms with Gasteiger partial charge in [-0.3, -0.25) is 5.41 Å². The maximum Gasteiger partial charge on any atom is 0.417 e. The van der Waals surface area contributed by atoms with E-state index in [9.17, 15) is 13.2 Å². The predicted molar refractivity (Wildman–Crippen MR) is 67.9 cm³/mol. The molecular weight excluding hydrogens is 253 g/mol. The van der Waals surface area contributed by atoms with E-state index in [4.69, 9.17) is 11.1 Å². The molecule has 0 atom stereocenters. The van der Waals surface area contributed by atoms with Gasteiger partial charge in [-0.05, 0) is 11.1 Å². The molecule has 0 spiro atoms. The molecule has 2 aromatic rings. The molecule has 0 amide bonds. The predicted octanol–water partition coefficient (Wildman–Crippen LogP) is 3.66. The van der Waals surface area contributed by atoms with E-state index in [0.717, 1.165) is 0 Å². The van der Waals surface area contributed by atoms with Crippen molar-refractivity contribution in [3.63, 3.8) is 0 Å². The van der Waals surface area contributed by atoms with E-state index >= 15 is 0 Å². The fraction of sp³-hybridized carbons (Fsp3) is 0.0714. The molecule has 19 heavy (non-hydrogen) atoms. The van der Waals surface area contributed by atoms with Gasteiger partial charge in [0, 0.05) is 5.56 Å². The van der Waals surface area contributed by atoms with Gasteiger partial charge >= 0.3 is 6.18 Å². The second kappa shape index (κ2) is 4.76. The second-order valence-electron chi connectivity index (χ2n) is 4.01. The van der Waals surface area contributed by atoms with Crippen LogP contribution in [0.4, 0.5) is 13.2 Å². The number of hydrogen-bond acceptors (Lipinski definition) is 1. The lowest BCUT2D eigenvalue weighted by Crippen LogP contribution is -2.19. The van der Waals surface area contributed by atoms with Crippen LogP contribution in [0.25, 0.3) is 11.1 Å². The van der Waals surface area contributed by atoms with Crippen LogP contribution in [0.15, 0.2) is 48.5 Å². The van der Waals surface area contributed by atoms with E-state index in [1.165, 1.54) is 18.2 Å². The van der Waals surface area contributed by atoms with Crippen molar-refractivity contribution in [3.8, 4) is 11.1 Å². The minimum absolute atomic E-state index is 0.0285. The average molecular weight is 264 g/mol. The number of nitrogen functional groups attached to an aromatic ring is 1. The first-order chi connectivity index (χ1) is 8.91. The lowest BCUT2D eigenvalue weighted by atomic mass is 9.94. The summed E-state index contributed by atoms with van der Waals surface area (Å²) in [4.78, 5) is 0. The number of benzene rings is 2. The largest absolute Gasteiger partial charge is 0.417 e. The highest BCUT2D eigenvalue weighted by atomic mass is 19.4. The summed E-state index contributed by atoms with van der Waals surface area (Å²) in [6.07, 6.45) is -4.56. The van der Waals surface area contributed by atoms with E-state index in [0.29, 0.717) is 5.56 Å². The van der Waals surface area contributed by atoms with Gasteiger partial charge < -0.3 is 5.73 Å². The average Bonchev–Trinajstić information content (AvgIpc) is 2.38. The lowest BCUT2D eigenvalue weighted by molar-refractivity contribution is -0.137. The van der Waals surface area contributed by atoms with Crippen LogP contribution in [0.1, 0.15) is 11.1 Å². The van der Waals surface area contributed by atoms with Crippen molar-refractivity contribution in [1.82, 2.24) is 0 Å². The Morgan fingerprint density at radius 2 is 1.58 bits per heavy atom. The molecule has 98 valence electrons. The Morgan fingerprint density at radius 1 is 0.947 bits per heavy atom. The molecule has 2 nitrogen and oxygen atoms in total. The third-order valence-electron chi connectivity index (χ3n) is 2.72. The maximum atomic E-state index is 13.2. The normalized spacial score (nSPS) is 11.3. The van der Waals surface area contributed by atoms with Crippen LogP contribution in [-0.4, -0.2) is 5.84 Å². The number of amidine groups is 1. The number of halogens is 3. The first kappa shape index (κ1) is 13.1. The molecule has 0 heterocycles. The Kier molecular flexibility index (Phi) is 3.29. The van der Waals surface area contributed by atoms with Crippen LogP contribution in [0.3, 0.4) is 0 Å². The minimum Gasteiger partial charge on any atom is -0.384 e. The first-order valence-corrected chi connectivity index (χ1v) is 5.51. The maximum absolute atomic E-state index is 13.2. The SMILES string of the molecule is N=C(N)c1cccc(-c2ccccc2)c1C(F)(F)F. The third kappa shape index (κ3) is 2.59. The number of alkyl halides is 3. The molecule has 0 aliphatic rings. The van der Waals surface area contributed by atoms with Gasteiger partial charge in [-0.2, -0.15) is 13.2 Å².